The lowest BCUT2D eigenvalue weighted by molar-refractivity contribution is -0.115. The third-order valence-corrected chi connectivity index (χ3v) is 5.41. The largest absolute Gasteiger partial charge is 0.462 e. The summed E-state index contributed by atoms with van der Waals surface area (Å²) in [7, 11) is 0. The van der Waals surface area contributed by atoms with E-state index in [0.717, 1.165) is 21.9 Å². The summed E-state index contributed by atoms with van der Waals surface area (Å²) in [5, 5.41) is 5.86. The number of benzene rings is 1. The van der Waals surface area contributed by atoms with E-state index in [1.807, 2.05) is 35.7 Å². The quantitative estimate of drug-likeness (QED) is 0.648. The van der Waals surface area contributed by atoms with Gasteiger partial charge in [0.25, 0.3) is 0 Å². The summed E-state index contributed by atoms with van der Waals surface area (Å²) < 4.78 is 4.98. The second kappa shape index (κ2) is 8.20. The SMILES string of the molecule is CCOC(=O)c1sc(NC(=O)Cc2csc(-c3ccccc3)n2)nc1C. The van der Waals surface area contributed by atoms with E-state index in [1.165, 1.54) is 11.3 Å². The van der Waals surface area contributed by atoms with Crippen LogP contribution >= 0.6 is 22.7 Å². The lowest BCUT2D eigenvalue weighted by Gasteiger charge is -1.99. The number of nitrogens with one attached hydrogen (secondary N) is 1. The highest BCUT2D eigenvalue weighted by Crippen LogP contribution is 2.25. The fourth-order valence-electron chi connectivity index (χ4n) is 2.27. The summed E-state index contributed by atoms with van der Waals surface area (Å²) in [5.74, 6) is -0.644. The maximum absolute atomic E-state index is 12.2. The number of hydrogen-bond donors (Lipinski definition) is 1. The molecule has 0 atom stereocenters. The van der Waals surface area contributed by atoms with Crippen LogP contribution in [0.15, 0.2) is 35.7 Å². The monoisotopic (exact) mass is 387 g/mol. The molecule has 0 aliphatic carbocycles. The van der Waals surface area contributed by atoms with Crippen LogP contribution in [0, 0.1) is 6.92 Å². The third kappa shape index (κ3) is 4.33. The van der Waals surface area contributed by atoms with Crippen LogP contribution in [0.5, 0.6) is 0 Å². The molecule has 2 heterocycles. The first-order valence-corrected chi connectivity index (χ1v) is 9.70. The van der Waals surface area contributed by atoms with Gasteiger partial charge in [-0.25, -0.2) is 14.8 Å². The molecule has 2 aromatic heterocycles. The van der Waals surface area contributed by atoms with Gasteiger partial charge in [-0.3, -0.25) is 4.79 Å². The van der Waals surface area contributed by atoms with Crippen molar-refractivity contribution in [2.45, 2.75) is 20.3 Å². The van der Waals surface area contributed by atoms with E-state index >= 15 is 0 Å². The average Bonchev–Trinajstić information content (AvgIpc) is 3.22. The Labute approximate surface area is 158 Å². The van der Waals surface area contributed by atoms with E-state index in [9.17, 15) is 9.59 Å². The Balaban J connectivity index is 1.64. The molecular weight excluding hydrogens is 370 g/mol. The van der Waals surface area contributed by atoms with Crippen LogP contribution in [0.25, 0.3) is 10.6 Å². The number of amides is 1. The minimum atomic E-state index is -0.421. The minimum absolute atomic E-state index is 0.150. The van der Waals surface area contributed by atoms with Crippen LogP contribution in [-0.4, -0.2) is 28.5 Å². The molecule has 1 N–H and O–H groups in total. The number of rotatable bonds is 6. The molecule has 6 nitrogen and oxygen atoms in total. The van der Waals surface area contributed by atoms with Gasteiger partial charge in [-0.05, 0) is 13.8 Å². The number of aromatic nitrogens is 2. The van der Waals surface area contributed by atoms with E-state index in [0.29, 0.717) is 28.0 Å². The van der Waals surface area contributed by atoms with Crippen LogP contribution in [0.4, 0.5) is 5.13 Å². The van der Waals surface area contributed by atoms with Crippen LogP contribution < -0.4 is 5.32 Å². The highest BCUT2D eigenvalue weighted by atomic mass is 32.1. The van der Waals surface area contributed by atoms with Gasteiger partial charge >= 0.3 is 5.97 Å². The van der Waals surface area contributed by atoms with Crippen molar-refractivity contribution in [3.05, 3.63) is 52.0 Å². The first-order valence-electron chi connectivity index (χ1n) is 8.01. The number of carbonyl (C=O) groups excluding carboxylic acids is 2. The summed E-state index contributed by atoms with van der Waals surface area (Å²) in [5.41, 5.74) is 2.27. The number of esters is 1. The minimum Gasteiger partial charge on any atom is -0.462 e. The summed E-state index contributed by atoms with van der Waals surface area (Å²) >= 11 is 2.61. The highest BCUT2D eigenvalue weighted by Gasteiger charge is 2.18. The third-order valence-electron chi connectivity index (χ3n) is 3.42. The predicted octanol–water partition coefficient (Wildman–Crippen LogP) is 3.93. The van der Waals surface area contributed by atoms with Crippen molar-refractivity contribution in [2.24, 2.45) is 0 Å². The predicted molar refractivity (Wildman–Crippen MR) is 103 cm³/mol. The van der Waals surface area contributed by atoms with E-state index in [4.69, 9.17) is 4.74 Å². The first-order chi connectivity index (χ1) is 12.6. The second-order valence-electron chi connectivity index (χ2n) is 5.39. The molecule has 0 aliphatic heterocycles. The maximum Gasteiger partial charge on any atom is 0.350 e. The van der Waals surface area contributed by atoms with Crippen LogP contribution in [0.1, 0.15) is 28.0 Å². The van der Waals surface area contributed by atoms with E-state index in [2.05, 4.69) is 15.3 Å². The Bertz CT molecular complexity index is 919. The molecule has 1 amide bonds. The fraction of sp³-hybridized carbons (Fsp3) is 0.222. The Morgan fingerprint density at radius 3 is 2.69 bits per heavy atom. The Kier molecular flexibility index (Phi) is 5.75. The van der Waals surface area contributed by atoms with Crippen LogP contribution in [-0.2, 0) is 16.0 Å². The lowest BCUT2D eigenvalue weighted by atomic mass is 10.2. The van der Waals surface area contributed by atoms with Crippen molar-refractivity contribution < 1.29 is 14.3 Å². The van der Waals surface area contributed by atoms with Gasteiger partial charge in [0, 0.05) is 10.9 Å². The van der Waals surface area contributed by atoms with Crippen molar-refractivity contribution in [1.82, 2.24) is 9.97 Å². The van der Waals surface area contributed by atoms with Gasteiger partial charge in [0.2, 0.25) is 5.91 Å². The number of ether oxygens (including phenoxy) is 1. The van der Waals surface area contributed by atoms with Crippen molar-refractivity contribution in [3.63, 3.8) is 0 Å². The van der Waals surface area contributed by atoms with Crippen molar-refractivity contribution in [1.29, 1.82) is 0 Å². The molecule has 0 fully saturated rings. The Morgan fingerprint density at radius 1 is 1.19 bits per heavy atom. The number of nitrogens with zero attached hydrogens (tertiary/aromatic N) is 2. The number of carbonyl (C=O) groups is 2. The topological polar surface area (TPSA) is 81.2 Å². The number of anilines is 1. The van der Waals surface area contributed by atoms with Crippen LogP contribution in [0.2, 0.25) is 0 Å². The molecule has 0 spiro atoms. The number of thiazole rings is 2. The fourth-order valence-corrected chi connectivity index (χ4v) is 3.97. The highest BCUT2D eigenvalue weighted by molar-refractivity contribution is 7.17. The van der Waals surface area contributed by atoms with Gasteiger partial charge in [-0.1, -0.05) is 41.7 Å². The molecule has 1 aromatic carbocycles. The molecule has 26 heavy (non-hydrogen) atoms. The van der Waals surface area contributed by atoms with Gasteiger partial charge in [0.1, 0.15) is 9.88 Å². The molecule has 0 saturated heterocycles. The van der Waals surface area contributed by atoms with Gasteiger partial charge in [0.15, 0.2) is 5.13 Å². The molecule has 0 aliphatic rings. The smallest absolute Gasteiger partial charge is 0.350 e. The van der Waals surface area contributed by atoms with Gasteiger partial charge in [-0.2, -0.15) is 0 Å². The van der Waals surface area contributed by atoms with E-state index in [-0.39, 0.29) is 12.3 Å². The summed E-state index contributed by atoms with van der Waals surface area (Å²) in [6.07, 6.45) is 0.150. The summed E-state index contributed by atoms with van der Waals surface area (Å²) in [4.78, 5) is 33.2. The zero-order chi connectivity index (χ0) is 18.5. The molecule has 3 aromatic rings. The zero-order valence-corrected chi connectivity index (χ0v) is 15.9. The lowest BCUT2D eigenvalue weighted by Crippen LogP contribution is -2.14. The summed E-state index contributed by atoms with van der Waals surface area (Å²) in [6, 6.07) is 9.83. The molecule has 0 saturated carbocycles. The Morgan fingerprint density at radius 2 is 1.96 bits per heavy atom. The molecule has 0 unspecified atom stereocenters. The Hall–Kier alpha value is -2.58. The van der Waals surface area contributed by atoms with E-state index in [1.54, 1.807) is 13.8 Å². The zero-order valence-electron chi connectivity index (χ0n) is 14.3. The van der Waals surface area contributed by atoms with Crippen LogP contribution in [0.3, 0.4) is 0 Å². The molecule has 0 radical (unpaired) electrons. The molecular formula is C18H17N3O3S2. The summed E-state index contributed by atoms with van der Waals surface area (Å²) in [6.45, 7) is 3.75. The molecule has 134 valence electrons. The van der Waals surface area contributed by atoms with E-state index < -0.39 is 5.97 Å². The number of aryl methyl sites for hydroxylation is 1. The van der Waals surface area contributed by atoms with Gasteiger partial charge < -0.3 is 10.1 Å². The van der Waals surface area contributed by atoms with Crippen molar-refractivity contribution >= 4 is 39.7 Å². The normalized spacial score (nSPS) is 10.5. The standard InChI is InChI=1S/C18H17N3O3S2/c1-3-24-17(23)15-11(2)19-18(26-15)21-14(22)9-13-10-25-16(20-13)12-7-5-4-6-8-12/h4-8,10H,3,9H2,1-2H3,(H,19,21,22). The molecule has 0 bridgehead atoms. The first kappa shape index (κ1) is 18.2. The number of hydrogen-bond acceptors (Lipinski definition) is 7. The van der Waals surface area contributed by atoms with Gasteiger partial charge in [-0.15, -0.1) is 11.3 Å². The van der Waals surface area contributed by atoms with Gasteiger partial charge in [0.05, 0.1) is 24.4 Å². The molecule has 8 heteroatoms. The van der Waals surface area contributed by atoms with Crippen molar-refractivity contribution in [3.8, 4) is 10.6 Å². The van der Waals surface area contributed by atoms with Crippen molar-refractivity contribution in [2.75, 3.05) is 11.9 Å². The average molecular weight is 387 g/mol. The molecule has 3 rings (SSSR count). The second-order valence-corrected chi connectivity index (χ2v) is 7.25. The maximum atomic E-state index is 12.2.